The lowest BCUT2D eigenvalue weighted by Gasteiger charge is -2.43. The van der Waals surface area contributed by atoms with Gasteiger partial charge >= 0.3 is 0 Å². The maximum atomic E-state index is 13.0. The van der Waals surface area contributed by atoms with Crippen LogP contribution in [0, 0.1) is 0 Å². The molecule has 15 nitrogen and oxygen atoms in total. The standard InChI is InChI=1S/C27H30O15/c28-7-15-19(32)23(36)25(38)27(42-15)39-8-16-20(33)22(35)24(37)26(41-16)18-12(31)6-14-17(21(18)34)11(30)5-13(40-14)9-1-3-10(29)4-2-9/h1-6,15-16,19-20,22-29,31-38H,7-8H2/t15-,16-,19+,20+,22+,23+,24-,25-,26+,27-/m1/s1. The molecule has 10 atom stereocenters. The lowest BCUT2D eigenvalue weighted by Crippen LogP contribution is -2.60. The minimum absolute atomic E-state index is 0.0166. The van der Waals surface area contributed by atoms with Crippen LogP contribution in [0.2, 0.25) is 0 Å². The number of ether oxygens (including phenoxy) is 3. The van der Waals surface area contributed by atoms with E-state index in [2.05, 4.69) is 0 Å². The van der Waals surface area contributed by atoms with Gasteiger partial charge in [0.15, 0.2) is 11.7 Å². The Balaban J connectivity index is 1.43. The lowest BCUT2D eigenvalue weighted by atomic mass is 9.89. The summed E-state index contributed by atoms with van der Waals surface area (Å²) >= 11 is 0. The molecule has 2 aromatic carbocycles. The third kappa shape index (κ3) is 5.31. The van der Waals surface area contributed by atoms with E-state index in [1.807, 2.05) is 0 Å². The molecular weight excluding hydrogens is 564 g/mol. The van der Waals surface area contributed by atoms with Crippen LogP contribution in [0.15, 0.2) is 45.6 Å². The first kappa shape index (κ1) is 30.1. The van der Waals surface area contributed by atoms with E-state index < -0.39 is 96.9 Å². The molecule has 3 heterocycles. The number of aromatic hydroxyl groups is 3. The van der Waals surface area contributed by atoms with Crippen molar-refractivity contribution >= 4 is 11.0 Å². The Morgan fingerprint density at radius 1 is 0.762 bits per heavy atom. The Kier molecular flexibility index (Phi) is 8.41. The summed E-state index contributed by atoms with van der Waals surface area (Å²) in [4.78, 5) is 13.0. The van der Waals surface area contributed by atoms with Crippen molar-refractivity contribution in [2.75, 3.05) is 13.2 Å². The highest BCUT2D eigenvalue weighted by Gasteiger charge is 2.48. The molecule has 3 aromatic rings. The number of aliphatic hydroxyl groups is 7. The van der Waals surface area contributed by atoms with Gasteiger partial charge in [-0.3, -0.25) is 4.79 Å². The minimum atomic E-state index is -1.92. The maximum absolute atomic E-state index is 13.0. The molecule has 1 aromatic heterocycles. The average molecular weight is 595 g/mol. The fraction of sp³-hybridized carbons (Fsp3) is 0.444. The van der Waals surface area contributed by atoms with Gasteiger partial charge in [0, 0.05) is 17.7 Å². The van der Waals surface area contributed by atoms with E-state index in [0.717, 1.165) is 12.1 Å². The second-order valence-electron chi connectivity index (χ2n) is 10.2. The zero-order valence-electron chi connectivity index (χ0n) is 21.7. The summed E-state index contributed by atoms with van der Waals surface area (Å²) in [6, 6.07) is 7.79. The number of hydrogen-bond acceptors (Lipinski definition) is 15. The molecule has 2 aliphatic heterocycles. The molecular formula is C27H30O15. The van der Waals surface area contributed by atoms with Crippen LogP contribution < -0.4 is 5.43 Å². The summed E-state index contributed by atoms with van der Waals surface area (Å²) in [7, 11) is 0. The number of hydrogen-bond donors (Lipinski definition) is 10. The number of phenolic OH excluding ortho intramolecular Hbond substituents is 3. The van der Waals surface area contributed by atoms with Crippen molar-refractivity contribution < 1.29 is 69.7 Å². The number of aliphatic hydroxyl groups excluding tert-OH is 7. The van der Waals surface area contributed by atoms with Crippen LogP contribution in [-0.2, 0) is 14.2 Å². The molecule has 0 radical (unpaired) electrons. The quantitative estimate of drug-likeness (QED) is 0.147. The van der Waals surface area contributed by atoms with Crippen molar-refractivity contribution in [2.45, 2.75) is 61.2 Å². The lowest BCUT2D eigenvalue weighted by molar-refractivity contribution is -0.314. The Morgan fingerprint density at radius 3 is 2.07 bits per heavy atom. The van der Waals surface area contributed by atoms with E-state index >= 15 is 0 Å². The average Bonchev–Trinajstić information content (AvgIpc) is 2.96. The van der Waals surface area contributed by atoms with Gasteiger partial charge in [0.1, 0.15) is 88.9 Å². The van der Waals surface area contributed by atoms with Gasteiger partial charge in [0.05, 0.1) is 18.8 Å². The molecule has 15 heteroatoms. The summed E-state index contributed by atoms with van der Waals surface area (Å²) in [5.41, 5.74) is -1.03. The van der Waals surface area contributed by atoms with Gasteiger partial charge in [-0.25, -0.2) is 0 Å². The highest BCUT2D eigenvalue weighted by atomic mass is 16.7. The van der Waals surface area contributed by atoms with Gasteiger partial charge in [-0.1, -0.05) is 0 Å². The molecule has 10 N–H and O–H groups in total. The van der Waals surface area contributed by atoms with Gasteiger partial charge in [0.2, 0.25) is 0 Å². The van der Waals surface area contributed by atoms with Crippen LogP contribution in [0.25, 0.3) is 22.3 Å². The molecule has 0 bridgehead atoms. The van der Waals surface area contributed by atoms with Gasteiger partial charge in [0.25, 0.3) is 0 Å². The van der Waals surface area contributed by atoms with Gasteiger partial charge < -0.3 is 69.7 Å². The van der Waals surface area contributed by atoms with Crippen molar-refractivity contribution in [3.05, 3.63) is 52.2 Å². The van der Waals surface area contributed by atoms with Crippen molar-refractivity contribution in [1.82, 2.24) is 0 Å². The number of benzene rings is 2. The SMILES string of the molecule is O=c1cc(-c2ccc(O)cc2)oc2cc(O)c([C@@H]3O[C@H](CO[C@@H]4O[C@H](CO)[C@H](O)[C@H](O)[C@H]4O)[C@H](O)[C@H](O)[C@H]3O)c(O)c12. The van der Waals surface area contributed by atoms with E-state index in [9.17, 15) is 55.9 Å². The van der Waals surface area contributed by atoms with Crippen LogP contribution in [0.4, 0.5) is 0 Å². The van der Waals surface area contributed by atoms with Crippen LogP contribution in [0.1, 0.15) is 11.7 Å². The van der Waals surface area contributed by atoms with Crippen LogP contribution in [0.3, 0.4) is 0 Å². The Hall–Kier alpha value is -3.35. The monoisotopic (exact) mass is 594 g/mol. The molecule has 0 aliphatic carbocycles. The van der Waals surface area contributed by atoms with E-state index in [0.29, 0.717) is 5.56 Å². The van der Waals surface area contributed by atoms with Crippen molar-refractivity contribution in [1.29, 1.82) is 0 Å². The summed E-state index contributed by atoms with van der Waals surface area (Å²) in [5.74, 6) is -1.46. The first-order valence-corrected chi connectivity index (χ1v) is 12.9. The summed E-state index contributed by atoms with van der Waals surface area (Å²) in [5, 5.41) is 102. The second kappa shape index (κ2) is 11.7. The highest BCUT2D eigenvalue weighted by molar-refractivity contribution is 5.88. The first-order valence-electron chi connectivity index (χ1n) is 12.9. The Bertz CT molecular complexity index is 1470. The van der Waals surface area contributed by atoms with Crippen LogP contribution in [-0.4, -0.2) is 119 Å². The van der Waals surface area contributed by atoms with E-state index in [-0.39, 0.29) is 22.5 Å². The molecule has 42 heavy (non-hydrogen) atoms. The normalized spacial score (nSPS) is 33.6. The van der Waals surface area contributed by atoms with E-state index in [1.54, 1.807) is 0 Å². The third-order valence-corrected chi connectivity index (χ3v) is 7.43. The number of phenols is 3. The fourth-order valence-corrected chi connectivity index (χ4v) is 5.07. The maximum Gasteiger partial charge on any atom is 0.197 e. The molecule has 0 saturated carbocycles. The van der Waals surface area contributed by atoms with Gasteiger partial charge in [-0.15, -0.1) is 0 Å². The van der Waals surface area contributed by atoms with Crippen molar-refractivity contribution in [3.8, 4) is 28.6 Å². The first-order chi connectivity index (χ1) is 19.9. The number of rotatable bonds is 6. The predicted octanol–water partition coefficient (Wildman–Crippen LogP) is -2.08. The van der Waals surface area contributed by atoms with Crippen molar-refractivity contribution in [2.24, 2.45) is 0 Å². The zero-order chi connectivity index (χ0) is 30.5. The van der Waals surface area contributed by atoms with Crippen LogP contribution in [0.5, 0.6) is 17.2 Å². The number of fused-ring (bicyclic) bond motifs is 1. The third-order valence-electron chi connectivity index (χ3n) is 7.43. The molecule has 2 fully saturated rings. The van der Waals surface area contributed by atoms with Gasteiger partial charge in [-0.05, 0) is 24.3 Å². The minimum Gasteiger partial charge on any atom is -0.508 e. The van der Waals surface area contributed by atoms with E-state index in [1.165, 1.54) is 24.3 Å². The summed E-state index contributed by atoms with van der Waals surface area (Å²) in [6.07, 6.45) is -16.8. The Morgan fingerprint density at radius 2 is 1.40 bits per heavy atom. The molecule has 0 unspecified atom stereocenters. The summed E-state index contributed by atoms with van der Waals surface area (Å²) in [6.45, 7) is -1.36. The highest BCUT2D eigenvalue weighted by Crippen LogP contribution is 2.45. The molecule has 0 spiro atoms. The van der Waals surface area contributed by atoms with Crippen molar-refractivity contribution in [3.63, 3.8) is 0 Å². The predicted molar refractivity (Wildman–Crippen MR) is 138 cm³/mol. The van der Waals surface area contributed by atoms with Gasteiger partial charge in [-0.2, -0.15) is 0 Å². The second-order valence-corrected chi connectivity index (χ2v) is 10.2. The molecule has 228 valence electrons. The topological polar surface area (TPSA) is 260 Å². The fourth-order valence-electron chi connectivity index (χ4n) is 5.07. The molecule has 0 amide bonds. The molecule has 2 aliphatic rings. The zero-order valence-corrected chi connectivity index (χ0v) is 21.7. The smallest absolute Gasteiger partial charge is 0.197 e. The largest absolute Gasteiger partial charge is 0.508 e. The van der Waals surface area contributed by atoms with E-state index in [4.69, 9.17) is 18.6 Å². The molecule has 2 saturated heterocycles. The Labute approximate surface area is 236 Å². The summed E-state index contributed by atoms with van der Waals surface area (Å²) < 4.78 is 22.0. The van der Waals surface area contributed by atoms with Crippen LogP contribution >= 0.6 is 0 Å². The molecule has 5 rings (SSSR count).